The van der Waals surface area contributed by atoms with Gasteiger partial charge < -0.3 is 9.67 Å². The number of carboxylic acid groups (broad SMARTS) is 1. The van der Waals surface area contributed by atoms with Crippen LogP contribution in [0.15, 0.2) is 42.7 Å². The summed E-state index contributed by atoms with van der Waals surface area (Å²) in [5.41, 5.74) is 3.36. The fourth-order valence-corrected chi connectivity index (χ4v) is 4.77. The number of fused-ring (bicyclic) bond motifs is 1. The third kappa shape index (κ3) is 3.45. The molecule has 0 spiro atoms. The molecule has 8 nitrogen and oxygen atoms in total. The summed E-state index contributed by atoms with van der Waals surface area (Å²) in [6.07, 6.45) is 3.85. The maximum Gasteiger partial charge on any atom is 0.306 e. The summed E-state index contributed by atoms with van der Waals surface area (Å²) in [6.45, 7) is 4.57. The van der Waals surface area contributed by atoms with E-state index in [1.807, 2.05) is 41.0 Å². The Morgan fingerprint density at radius 3 is 2.78 bits per heavy atom. The van der Waals surface area contributed by atoms with Crippen molar-refractivity contribution in [3.8, 4) is 11.5 Å². The highest BCUT2D eigenvalue weighted by molar-refractivity contribution is 6.09. The predicted molar refractivity (Wildman–Crippen MR) is 118 cm³/mol. The van der Waals surface area contributed by atoms with Crippen LogP contribution < -0.4 is 4.90 Å². The number of carbonyl (C=O) groups is 2. The fraction of sp³-hybridized carbons (Fsp3) is 0.375. The van der Waals surface area contributed by atoms with Crippen LogP contribution in [0.2, 0.25) is 0 Å². The number of hydrogen-bond acceptors (Lipinski definition) is 5. The standard InChI is InChI=1S/C24H25N5O3/c1-14(2)29-13-25-27-22(29)20-4-3-5-21(26-20)28-12-18-9-7-16(11-19(18)23(28)30)15-6-8-17(10-15)24(31)32/h3-5,7,9,11,13-15,17H,6,8,10,12H2,1-2H3,(H,31,32)/t15-,17-/m1/s1. The molecule has 1 aliphatic carbocycles. The number of nitrogens with zero attached hydrogens (tertiary/aromatic N) is 5. The van der Waals surface area contributed by atoms with E-state index in [0.29, 0.717) is 42.3 Å². The number of pyridine rings is 1. The van der Waals surface area contributed by atoms with Crippen molar-refractivity contribution in [1.82, 2.24) is 19.7 Å². The topological polar surface area (TPSA) is 101 Å². The molecule has 164 valence electrons. The van der Waals surface area contributed by atoms with Crippen molar-refractivity contribution in [3.63, 3.8) is 0 Å². The third-order valence-electron chi connectivity index (χ3n) is 6.56. The van der Waals surface area contributed by atoms with E-state index in [4.69, 9.17) is 4.98 Å². The lowest BCUT2D eigenvalue weighted by Crippen LogP contribution is -2.24. The van der Waals surface area contributed by atoms with E-state index in [0.717, 1.165) is 17.5 Å². The van der Waals surface area contributed by atoms with Gasteiger partial charge in [-0.2, -0.15) is 0 Å². The Morgan fingerprint density at radius 2 is 2.03 bits per heavy atom. The van der Waals surface area contributed by atoms with Gasteiger partial charge in [0.1, 0.15) is 17.8 Å². The molecule has 1 aliphatic heterocycles. The number of benzene rings is 1. The van der Waals surface area contributed by atoms with E-state index in [1.54, 1.807) is 11.2 Å². The lowest BCUT2D eigenvalue weighted by molar-refractivity contribution is -0.141. The Hall–Kier alpha value is -3.55. The van der Waals surface area contributed by atoms with Crippen LogP contribution in [-0.2, 0) is 11.3 Å². The summed E-state index contributed by atoms with van der Waals surface area (Å²) in [7, 11) is 0. The van der Waals surface area contributed by atoms with Gasteiger partial charge in [0.2, 0.25) is 0 Å². The summed E-state index contributed by atoms with van der Waals surface area (Å²) < 4.78 is 1.95. The van der Waals surface area contributed by atoms with Gasteiger partial charge in [-0.1, -0.05) is 18.2 Å². The summed E-state index contributed by atoms with van der Waals surface area (Å²) in [4.78, 5) is 31.0. The number of carboxylic acids is 1. The zero-order valence-corrected chi connectivity index (χ0v) is 18.1. The molecule has 1 aromatic carbocycles. The van der Waals surface area contributed by atoms with Crippen LogP contribution in [0.4, 0.5) is 5.82 Å². The second-order valence-electron chi connectivity index (χ2n) is 8.89. The Morgan fingerprint density at radius 1 is 1.19 bits per heavy atom. The van der Waals surface area contributed by atoms with E-state index >= 15 is 0 Å². The Labute approximate surface area is 185 Å². The van der Waals surface area contributed by atoms with Crippen LogP contribution in [0.5, 0.6) is 0 Å². The van der Waals surface area contributed by atoms with Crippen molar-refractivity contribution in [2.75, 3.05) is 4.90 Å². The number of rotatable bonds is 5. The Balaban J connectivity index is 1.41. The SMILES string of the molecule is CC(C)n1cnnc1-c1cccc(N2Cc3ccc([C@@H]4CC[C@@H](C(=O)O)C4)cc3C2=O)n1. The highest BCUT2D eigenvalue weighted by atomic mass is 16.4. The zero-order chi connectivity index (χ0) is 22.4. The van der Waals surface area contributed by atoms with Gasteiger partial charge in [0.15, 0.2) is 5.82 Å². The first-order chi connectivity index (χ1) is 15.4. The van der Waals surface area contributed by atoms with Gasteiger partial charge in [-0.15, -0.1) is 10.2 Å². The molecule has 1 fully saturated rings. The number of aromatic nitrogens is 4. The first-order valence-electron chi connectivity index (χ1n) is 11.0. The van der Waals surface area contributed by atoms with Gasteiger partial charge in [0.05, 0.1) is 12.5 Å². The highest BCUT2D eigenvalue weighted by Crippen LogP contribution is 2.40. The quantitative estimate of drug-likeness (QED) is 0.654. The molecule has 5 rings (SSSR count). The van der Waals surface area contributed by atoms with Gasteiger partial charge in [0.25, 0.3) is 5.91 Å². The van der Waals surface area contributed by atoms with Crippen molar-refractivity contribution in [2.24, 2.45) is 5.92 Å². The first kappa shape index (κ1) is 20.4. The molecule has 2 atom stereocenters. The van der Waals surface area contributed by atoms with Crippen molar-refractivity contribution >= 4 is 17.7 Å². The van der Waals surface area contributed by atoms with Crippen molar-refractivity contribution < 1.29 is 14.7 Å². The van der Waals surface area contributed by atoms with Crippen LogP contribution in [0.3, 0.4) is 0 Å². The summed E-state index contributed by atoms with van der Waals surface area (Å²) >= 11 is 0. The van der Waals surface area contributed by atoms with Crippen molar-refractivity contribution in [1.29, 1.82) is 0 Å². The van der Waals surface area contributed by atoms with Gasteiger partial charge in [-0.05, 0) is 68.4 Å². The largest absolute Gasteiger partial charge is 0.481 e. The van der Waals surface area contributed by atoms with Gasteiger partial charge >= 0.3 is 5.97 Å². The third-order valence-corrected chi connectivity index (χ3v) is 6.56. The molecule has 3 aromatic rings. The van der Waals surface area contributed by atoms with Crippen LogP contribution in [-0.4, -0.2) is 36.7 Å². The van der Waals surface area contributed by atoms with Crippen molar-refractivity contribution in [2.45, 2.75) is 51.6 Å². The molecule has 2 aromatic heterocycles. The molecular weight excluding hydrogens is 406 g/mol. The molecular formula is C24H25N5O3. The average Bonchev–Trinajstić information content (AvgIpc) is 3.52. The van der Waals surface area contributed by atoms with Crippen LogP contribution in [0, 0.1) is 5.92 Å². The van der Waals surface area contributed by atoms with E-state index in [2.05, 4.69) is 24.0 Å². The normalized spacial score (nSPS) is 20.2. The highest BCUT2D eigenvalue weighted by Gasteiger charge is 2.34. The van der Waals surface area contributed by atoms with E-state index in [9.17, 15) is 14.7 Å². The minimum absolute atomic E-state index is 0.0791. The minimum atomic E-state index is -0.727. The van der Waals surface area contributed by atoms with E-state index in [1.165, 1.54) is 0 Å². The molecule has 0 bridgehead atoms. The lowest BCUT2D eigenvalue weighted by Gasteiger charge is -2.16. The number of aliphatic carboxylic acids is 1. The molecule has 0 radical (unpaired) electrons. The zero-order valence-electron chi connectivity index (χ0n) is 18.1. The smallest absolute Gasteiger partial charge is 0.306 e. The van der Waals surface area contributed by atoms with Crippen LogP contribution >= 0.6 is 0 Å². The molecule has 8 heteroatoms. The molecule has 1 saturated carbocycles. The maximum atomic E-state index is 13.3. The summed E-state index contributed by atoms with van der Waals surface area (Å²) in [6, 6.07) is 11.8. The average molecular weight is 431 g/mol. The second-order valence-corrected chi connectivity index (χ2v) is 8.89. The van der Waals surface area contributed by atoms with Crippen LogP contribution in [0.1, 0.15) is 66.6 Å². The summed E-state index contributed by atoms with van der Waals surface area (Å²) in [5.74, 6) is 0.338. The molecule has 32 heavy (non-hydrogen) atoms. The molecule has 2 aliphatic rings. The van der Waals surface area contributed by atoms with Gasteiger partial charge in [0, 0.05) is 11.6 Å². The minimum Gasteiger partial charge on any atom is -0.481 e. The molecule has 3 heterocycles. The van der Waals surface area contributed by atoms with E-state index in [-0.39, 0.29) is 23.8 Å². The van der Waals surface area contributed by atoms with Crippen molar-refractivity contribution in [3.05, 3.63) is 59.4 Å². The first-order valence-corrected chi connectivity index (χ1v) is 11.0. The molecule has 1 amide bonds. The lowest BCUT2D eigenvalue weighted by atomic mass is 9.93. The fourth-order valence-electron chi connectivity index (χ4n) is 4.77. The Kier molecular flexibility index (Phi) is 5.00. The number of amides is 1. The van der Waals surface area contributed by atoms with Gasteiger partial charge in [-0.3, -0.25) is 14.5 Å². The second kappa shape index (κ2) is 7.85. The monoisotopic (exact) mass is 431 g/mol. The molecule has 1 N–H and O–H groups in total. The molecule has 0 unspecified atom stereocenters. The maximum absolute atomic E-state index is 13.3. The predicted octanol–water partition coefficient (Wildman–Crippen LogP) is 4.05. The molecule has 0 saturated heterocycles. The van der Waals surface area contributed by atoms with Crippen LogP contribution in [0.25, 0.3) is 11.5 Å². The number of anilines is 1. The van der Waals surface area contributed by atoms with Gasteiger partial charge in [-0.25, -0.2) is 4.98 Å². The van der Waals surface area contributed by atoms with E-state index < -0.39 is 5.97 Å². The number of carbonyl (C=O) groups excluding carboxylic acids is 1. The number of hydrogen-bond donors (Lipinski definition) is 1. The summed E-state index contributed by atoms with van der Waals surface area (Å²) in [5, 5.41) is 17.5. The Bertz CT molecular complexity index is 1200.